The number of hydrogen-bond acceptors (Lipinski definition) is 4. The molecule has 3 heterocycles. The summed E-state index contributed by atoms with van der Waals surface area (Å²) in [5, 5.41) is 6.38. The third kappa shape index (κ3) is 5.78. The van der Waals surface area contributed by atoms with E-state index in [1.807, 2.05) is 48.5 Å². The first-order chi connectivity index (χ1) is 31.8. The van der Waals surface area contributed by atoms with Crippen LogP contribution < -0.4 is 0 Å². The van der Waals surface area contributed by atoms with Crippen molar-refractivity contribution >= 4 is 64.1 Å². The van der Waals surface area contributed by atoms with Crippen LogP contribution in [-0.4, -0.2) is 19.5 Å². The number of para-hydroxylation sites is 2. The molecule has 280 valence electrons. The fraction of sp³-hybridized carbons (Fsp3) is 0. The van der Waals surface area contributed by atoms with Crippen molar-refractivity contribution in [2.45, 2.75) is 0 Å². The van der Waals surface area contributed by atoms with Gasteiger partial charge in [0.15, 0.2) is 17.5 Å². The molecule has 0 spiro atoms. The first-order valence-corrected chi connectivity index (χ1v) is 20.6. The Balaban J connectivity index is 1.16. The topological polar surface area (TPSA) is 43.6 Å². The molecule has 0 saturated carbocycles. The van der Waals surface area contributed by atoms with Gasteiger partial charge in [0.05, 0.1) is 17.9 Å². The van der Waals surface area contributed by atoms with Crippen molar-refractivity contribution in [1.29, 1.82) is 0 Å². The van der Waals surface area contributed by atoms with Crippen molar-refractivity contribution in [2.75, 3.05) is 0 Å². The lowest BCUT2D eigenvalue weighted by Crippen LogP contribution is -2.01. The Morgan fingerprint density at radius 2 is 1.02 bits per heavy atom. The first-order valence-electron chi connectivity index (χ1n) is 22.3. The summed E-state index contributed by atoms with van der Waals surface area (Å²) < 4.78 is 47.8. The van der Waals surface area contributed by atoms with Crippen LogP contribution in [0.1, 0.15) is 6.85 Å². The van der Waals surface area contributed by atoms with Crippen molar-refractivity contribution in [2.24, 2.45) is 0 Å². The Morgan fingerprint density at radius 3 is 1.80 bits per heavy atom. The maximum Gasteiger partial charge on any atom is 0.165 e. The second kappa shape index (κ2) is 14.0. The SMILES string of the molecule is [2H]c1c([2H])c([2H])c(-c2nc(-c3ccc4ccccc4c3)nc(-c3cc(-n4c5ccccc5c5ccccc54)cc4c3sc3ccc(-c5cccc(-c6ccccc6)c5)cc34)n2)c([2H])c1[2H]. The van der Waals surface area contributed by atoms with Gasteiger partial charge in [0.2, 0.25) is 0 Å². The molecule has 4 nitrogen and oxygen atoms in total. The van der Waals surface area contributed by atoms with Gasteiger partial charge in [-0.15, -0.1) is 11.3 Å². The van der Waals surface area contributed by atoms with E-state index in [1.165, 1.54) is 0 Å². The molecule has 0 N–H and O–H groups in total. The number of nitrogens with zero attached hydrogens (tertiary/aromatic N) is 4. The largest absolute Gasteiger partial charge is 0.309 e. The molecule has 0 aliphatic carbocycles. The molecule has 5 heteroatoms. The van der Waals surface area contributed by atoms with Crippen LogP contribution in [0.2, 0.25) is 0 Å². The molecular weight excluding hydrogens is 749 g/mol. The quantitative estimate of drug-likeness (QED) is 0.169. The van der Waals surface area contributed by atoms with E-state index in [0.717, 1.165) is 86.3 Å². The molecular formula is C55H34N4S. The molecule has 12 aromatic rings. The third-order valence-electron chi connectivity index (χ3n) is 11.3. The molecule has 3 aromatic heterocycles. The van der Waals surface area contributed by atoms with Gasteiger partial charge in [-0.1, -0.05) is 158 Å². The van der Waals surface area contributed by atoms with Crippen LogP contribution >= 0.6 is 11.3 Å². The normalized spacial score (nSPS) is 12.8. The van der Waals surface area contributed by atoms with E-state index in [4.69, 9.17) is 21.8 Å². The predicted molar refractivity (Wildman–Crippen MR) is 252 cm³/mol. The second-order valence-corrected chi connectivity index (χ2v) is 15.9. The minimum absolute atomic E-state index is 0.00716. The van der Waals surface area contributed by atoms with Gasteiger partial charge in [-0.3, -0.25) is 0 Å². The molecule has 0 aliphatic heterocycles. The van der Waals surface area contributed by atoms with Gasteiger partial charge in [-0.05, 0) is 81.6 Å². The second-order valence-electron chi connectivity index (χ2n) is 14.9. The summed E-state index contributed by atoms with van der Waals surface area (Å²) in [4.78, 5) is 15.2. The monoisotopic (exact) mass is 787 g/mol. The summed E-state index contributed by atoms with van der Waals surface area (Å²) in [6, 6.07) is 58.7. The van der Waals surface area contributed by atoms with Gasteiger partial charge >= 0.3 is 0 Å². The van der Waals surface area contributed by atoms with Crippen molar-refractivity contribution in [3.8, 4) is 62.1 Å². The molecule has 60 heavy (non-hydrogen) atoms. The first kappa shape index (κ1) is 29.5. The number of fused-ring (bicyclic) bond motifs is 7. The lowest BCUT2D eigenvalue weighted by Gasteiger charge is -2.13. The molecule has 12 rings (SSSR count). The maximum absolute atomic E-state index is 9.00. The van der Waals surface area contributed by atoms with Gasteiger partial charge in [0.25, 0.3) is 0 Å². The summed E-state index contributed by atoms with van der Waals surface area (Å²) in [5.74, 6) is 0.631. The van der Waals surface area contributed by atoms with E-state index >= 15 is 0 Å². The van der Waals surface area contributed by atoms with Gasteiger partial charge < -0.3 is 4.57 Å². The zero-order chi connectivity index (χ0) is 43.9. The molecule has 9 aromatic carbocycles. The number of benzene rings is 9. The van der Waals surface area contributed by atoms with Crippen LogP contribution in [0.25, 0.3) is 115 Å². The fourth-order valence-corrected chi connectivity index (χ4v) is 9.65. The number of aromatic nitrogens is 4. The number of thiophene rings is 1. The molecule has 0 unspecified atom stereocenters. The van der Waals surface area contributed by atoms with Gasteiger partial charge in [0, 0.05) is 53.3 Å². The summed E-state index contributed by atoms with van der Waals surface area (Å²) >= 11 is 1.65. The average molecular weight is 788 g/mol. The van der Waals surface area contributed by atoms with Crippen molar-refractivity contribution in [1.82, 2.24) is 19.5 Å². The Bertz CT molecular complexity index is 3840. The van der Waals surface area contributed by atoms with Crippen LogP contribution in [0.15, 0.2) is 206 Å². The van der Waals surface area contributed by atoms with Crippen LogP contribution in [-0.2, 0) is 0 Å². The van der Waals surface area contributed by atoms with Crippen molar-refractivity contribution in [3.05, 3.63) is 206 Å². The smallest absolute Gasteiger partial charge is 0.165 e. The molecule has 0 fully saturated rings. The molecule has 0 bridgehead atoms. The summed E-state index contributed by atoms with van der Waals surface area (Å²) in [6.07, 6.45) is 0. The minimum Gasteiger partial charge on any atom is -0.309 e. The number of hydrogen-bond donors (Lipinski definition) is 0. The van der Waals surface area contributed by atoms with E-state index in [-0.39, 0.29) is 23.5 Å². The Hall–Kier alpha value is -7.73. The van der Waals surface area contributed by atoms with Crippen molar-refractivity contribution in [3.63, 3.8) is 0 Å². The van der Waals surface area contributed by atoms with Gasteiger partial charge in [0.1, 0.15) is 0 Å². The lowest BCUT2D eigenvalue weighted by atomic mass is 9.97. The van der Waals surface area contributed by atoms with E-state index in [9.17, 15) is 0 Å². The Morgan fingerprint density at radius 1 is 0.400 bits per heavy atom. The third-order valence-corrected chi connectivity index (χ3v) is 12.5. The summed E-state index contributed by atoms with van der Waals surface area (Å²) in [7, 11) is 0. The molecule has 0 atom stereocenters. The fourth-order valence-electron chi connectivity index (χ4n) is 8.47. The van der Waals surface area contributed by atoms with E-state index < -0.39 is 18.1 Å². The minimum atomic E-state index is -0.482. The van der Waals surface area contributed by atoms with Crippen LogP contribution in [0, 0.1) is 0 Å². The average Bonchev–Trinajstić information content (AvgIpc) is 3.90. The van der Waals surface area contributed by atoms with Crippen LogP contribution in [0.3, 0.4) is 0 Å². The van der Waals surface area contributed by atoms with E-state index in [0.29, 0.717) is 17.2 Å². The highest BCUT2D eigenvalue weighted by Gasteiger charge is 2.21. The molecule has 0 radical (unpaired) electrons. The van der Waals surface area contributed by atoms with E-state index in [1.54, 1.807) is 11.3 Å². The maximum atomic E-state index is 9.00. The zero-order valence-corrected chi connectivity index (χ0v) is 32.8. The Kier molecular flexibility index (Phi) is 6.87. The zero-order valence-electron chi connectivity index (χ0n) is 36.9. The van der Waals surface area contributed by atoms with Crippen molar-refractivity contribution < 1.29 is 6.85 Å². The Labute approximate surface area is 357 Å². The van der Waals surface area contributed by atoms with Crippen LogP contribution in [0.4, 0.5) is 0 Å². The predicted octanol–water partition coefficient (Wildman–Crippen LogP) is 14.8. The summed E-state index contributed by atoms with van der Waals surface area (Å²) in [5.41, 5.74) is 8.82. The highest BCUT2D eigenvalue weighted by Crippen LogP contribution is 2.44. The van der Waals surface area contributed by atoms with Gasteiger partial charge in [-0.25, -0.2) is 15.0 Å². The van der Waals surface area contributed by atoms with Gasteiger partial charge in [-0.2, -0.15) is 0 Å². The van der Waals surface area contributed by atoms with E-state index in [2.05, 4.69) is 132 Å². The highest BCUT2D eigenvalue weighted by molar-refractivity contribution is 7.26. The number of rotatable bonds is 6. The highest BCUT2D eigenvalue weighted by atomic mass is 32.1. The molecule has 0 amide bonds. The molecule has 0 aliphatic rings. The molecule has 0 saturated heterocycles. The standard InChI is InChI=1S/C55H34N4S/c1-3-14-35(15-4-1)39-20-13-21-40(30-39)41-28-29-51-46(32-41)47-33-43(59-49-24-11-9-22-44(49)45-23-10-12-25-50(45)59)34-48(52(47)60-51)55-57-53(37-17-5-2-6-18-37)56-54(58-55)42-27-26-36-16-7-8-19-38(36)31-42/h1-34H/i2D,5D,6D,17D,18D. The summed E-state index contributed by atoms with van der Waals surface area (Å²) in [6.45, 7) is 0. The van der Waals surface area contributed by atoms with Crippen LogP contribution in [0.5, 0.6) is 0 Å². The lowest BCUT2D eigenvalue weighted by molar-refractivity contribution is 1.08.